The van der Waals surface area contributed by atoms with Crippen LogP contribution >= 0.6 is 11.6 Å². The van der Waals surface area contributed by atoms with E-state index in [0.29, 0.717) is 5.02 Å². The molecule has 0 fully saturated rings. The van der Waals surface area contributed by atoms with E-state index in [4.69, 9.17) is 21.1 Å². The zero-order valence-electron chi connectivity index (χ0n) is 16.5. The number of hydrogen-bond donors (Lipinski definition) is 2. The molecular formula is C22H14ClF4N3O3. The second-order valence-electron chi connectivity index (χ2n) is 6.79. The first-order chi connectivity index (χ1) is 15.7. The molecule has 33 heavy (non-hydrogen) atoms. The molecule has 0 unspecified atom stereocenters. The largest absolute Gasteiger partial charge is 0.504 e. The zero-order chi connectivity index (χ0) is 23.6. The number of alkyl halides is 3. The van der Waals surface area contributed by atoms with Gasteiger partial charge in [-0.25, -0.2) is 9.37 Å². The molecule has 2 N–H and O–H groups in total. The van der Waals surface area contributed by atoms with Crippen LogP contribution in [0.3, 0.4) is 0 Å². The Kier molecular flexibility index (Phi) is 6.10. The number of aromatic hydroxyl groups is 1. The number of phenols is 1. The molecule has 4 aromatic rings. The molecule has 0 amide bonds. The third kappa shape index (κ3) is 5.17. The molecule has 0 aliphatic rings. The lowest BCUT2D eigenvalue weighted by Gasteiger charge is -2.15. The van der Waals surface area contributed by atoms with Gasteiger partial charge in [-0.2, -0.15) is 18.3 Å². The van der Waals surface area contributed by atoms with E-state index in [2.05, 4.69) is 15.2 Å². The van der Waals surface area contributed by atoms with Crippen molar-refractivity contribution in [2.75, 3.05) is 0 Å². The van der Waals surface area contributed by atoms with Gasteiger partial charge in [0.25, 0.3) is 0 Å². The molecule has 0 saturated carbocycles. The molecule has 0 spiro atoms. The average Bonchev–Trinajstić information content (AvgIpc) is 3.27. The number of H-pyrrole nitrogens is 1. The minimum atomic E-state index is -4.66. The first kappa shape index (κ1) is 22.4. The lowest BCUT2D eigenvalue weighted by atomic mass is 10.1. The van der Waals surface area contributed by atoms with E-state index < -0.39 is 23.4 Å². The molecule has 0 atom stereocenters. The Bertz CT molecular complexity index is 1260. The highest BCUT2D eigenvalue weighted by Gasteiger charge is 2.34. The predicted octanol–water partition coefficient (Wildman–Crippen LogP) is 6.36. The number of nitrogens with zero attached hydrogens (tertiary/aromatic N) is 2. The quantitative estimate of drug-likeness (QED) is 0.314. The highest BCUT2D eigenvalue weighted by molar-refractivity contribution is 6.30. The number of pyridine rings is 1. The minimum Gasteiger partial charge on any atom is -0.504 e. The maximum Gasteiger partial charge on any atom is 0.435 e. The van der Waals surface area contributed by atoms with Gasteiger partial charge in [-0.1, -0.05) is 23.7 Å². The number of nitrogens with one attached hydrogen (secondary N) is 1. The number of rotatable bonds is 6. The van der Waals surface area contributed by atoms with E-state index in [-0.39, 0.29) is 35.2 Å². The van der Waals surface area contributed by atoms with E-state index in [9.17, 15) is 22.7 Å². The summed E-state index contributed by atoms with van der Waals surface area (Å²) in [5, 5.41) is 16.9. The summed E-state index contributed by atoms with van der Waals surface area (Å²) in [5.74, 6) is -1.33. The summed E-state index contributed by atoms with van der Waals surface area (Å²) < 4.78 is 63.4. The fraction of sp³-hybridized carbons (Fsp3) is 0.0909. The molecule has 2 heterocycles. The summed E-state index contributed by atoms with van der Waals surface area (Å²) in [6.45, 7) is 0.0748. The number of hydrogen-bond acceptors (Lipinski definition) is 5. The van der Waals surface area contributed by atoms with Crippen LogP contribution in [0.1, 0.15) is 11.3 Å². The molecule has 0 radical (unpaired) electrons. The summed E-state index contributed by atoms with van der Waals surface area (Å²) in [5.41, 5.74) is -0.505. The molecule has 6 nitrogen and oxygen atoms in total. The molecule has 0 aliphatic carbocycles. The number of phenolic OH excluding ortho intramolecular Hbond substituents is 1. The van der Waals surface area contributed by atoms with E-state index in [1.165, 1.54) is 18.2 Å². The van der Waals surface area contributed by atoms with Crippen LogP contribution in [0.25, 0.3) is 11.3 Å². The van der Waals surface area contributed by atoms with Crippen molar-refractivity contribution >= 4 is 11.6 Å². The van der Waals surface area contributed by atoms with Crippen LogP contribution in [-0.2, 0) is 12.8 Å². The van der Waals surface area contributed by atoms with Crippen molar-refractivity contribution in [3.05, 3.63) is 82.9 Å². The second-order valence-corrected chi connectivity index (χ2v) is 7.22. The topological polar surface area (TPSA) is 80.3 Å². The Labute approximate surface area is 189 Å². The summed E-state index contributed by atoms with van der Waals surface area (Å²) in [6.07, 6.45) is -3.75. The third-order valence-corrected chi connectivity index (χ3v) is 4.72. The first-order valence-corrected chi connectivity index (χ1v) is 9.74. The van der Waals surface area contributed by atoms with Gasteiger partial charge in [0.1, 0.15) is 12.4 Å². The number of aromatic nitrogens is 3. The zero-order valence-corrected chi connectivity index (χ0v) is 17.3. The van der Waals surface area contributed by atoms with Crippen LogP contribution in [0.4, 0.5) is 17.6 Å². The first-order valence-electron chi connectivity index (χ1n) is 9.36. The lowest BCUT2D eigenvalue weighted by molar-refractivity contribution is -0.141. The van der Waals surface area contributed by atoms with Crippen molar-refractivity contribution in [2.45, 2.75) is 12.8 Å². The molecule has 0 aliphatic heterocycles. The Morgan fingerprint density at radius 2 is 1.79 bits per heavy atom. The van der Waals surface area contributed by atoms with E-state index in [0.717, 1.165) is 23.9 Å². The van der Waals surface area contributed by atoms with E-state index in [1.807, 2.05) is 0 Å². The highest BCUT2D eigenvalue weighted by atomic mass is 35.5. The summed E-state index contributed by atoms with van der Waals surface area (Å²) in [6, 6.07) is 12.7. The average molecular weight is 480 g/mol. The van der Waals surface area contributed by atoms with Crippen molar-refractivity contribution in [1.29, 1.82) is 0 Å². The van der Waals surface area contributed by atoms with Crippen molar-refractivity contribution in [1.82, 2.24) is 15.2 Å². The van der Waals surface area contributed by atoms with Gasteiger partial charge in [0, 0.05) is 16.7 Å². The molecule has 2 aromatic carbocycles. The third-order valence-electron chi connectivity index (χ3n) is 4.47. The Morgan fingerprint density at radius 1 is 1.03 bits per heavy atom. The van der Waals surface area contributed by atoms with E-state index >= 15 is 0 Å². The van der Waals surface area contributed by atoms with Crippen molar-refractivity contribution in [2.24, 2.45) is 0 Å². The maximum absolute atomic E-state index is 13.2. The van der Waals surface area contributed by atoms with Crippen LogP contribution in [0.15, 0.2) is 60.8 Å². The van der Waals surface area contributed by atoms with Gasteiger partial charge in [0.2, 0.25) is 11.6 Å². The van der Waals surface area contributed by atoms with E-state index in [1.54, 1.807) is 24.3 Å². The monoisotopic (exact) mass is 479 g/mol. The highest BCUT2D eigenvalue weighted by Crippen LogP contribution is 2.46. The predicted molar refractivity (Wildman–Crippen MR) is 111 cm³/mol. The Balaban J connectivity index is 1.70. The van der Waals surface area contributed by atoms with Gasteiger partial charge in [0.15, 0.2) is 17.2 Å². The molecule has 0 saturated heterocycles. The van der Waals surface area contributed by atoms with Gasteiger partial charge in [0.05, 0.1) is 11.9 Å². The number of ether oxygens (including phenoxy) is 2. The number of aromatic amines is 1. The molecule has 0 bridgehead atoms. The summed E-state index contributed by atoms with van der Waals surface area (Å²) in [7, 11) is 0. The Morgan fingerprint density at radius 3 is 2.42 bits per heavy atom. The fourth-order valence-corrected chi connectivity index (χ4v) is 2.98. The number of benzene rings is 2. The smallest absolute Gasteiger partial charge is 0.435 e. The van der Waals surface area contributed by atoms with Crippen LogP contribution in [0.2, 0.25) is 5.02 Å². The Hall–Kier alpha value is -3.79. The molecule has 4 rings (SSSR count). The van der Waals surface area contributed by atoms with Crippen molar-refractivity contribution in [3.63, 3.8) is 0 Å². The van der Waals surface area contributed by atoms with Crippen LogP contribution in [0, 0.1) is 5.82 Å². The van der Waals surface area contributed by atoms with Crippen molar-refractivity contribution in [3.8, 4) is 34.4 Å². The molecule has 11 heteroatoms. The molecule has 170 valence electrons. The maximum atomic E-state index is 13.2. The number of halogens is 5. The lowest BCUT2D eigenvalue weighted by Crippen LogP contribution is -2.04. The van der Waals surface area contributed by atoms with Gasteiger partial charge < -0.3 is 14.6 Å². The molecular weight excluding hydrogens is 466 g/mol. The van der Waals surface area contributed by atoms with Gasteiger partial charge in [-0.3, -0.25) is 5.10 Å². The second kappa shape index (κ2) is 8.99. The SMILES string of the molecule is Oc1c(-c2cc(C(F)(F)F)n[nH]2)ccc(OCc2ccc(Cl)cc2)c1Oc1ccc(F)cn1. The summed E-state index contributed by atoms with van der Waals surface area (Å²) >= 11 is 5.88. The van der Waals surface area contributed by atoms with Crippen LogP contribution in [-0.4, -0.2) is 20.3 Å². The van der Waals surface area contributed by atoms with Gasteiger partial charge >= 0.3 is 6.18 Å². The standard InChI is InChI=1S/C22H14ClF4N3O3/c23-13-3-1-12(2-4-13)11-32-17-7-6-15(16-9-18(30-29-16)22(25,26)27)20(31)21(17)33-19-8-5-14(24)10-28-19/h1-10,31H,11H2,(H,29,30). The fourth-order valence-electron chi connectivity index (χ4n) is 2.86. The van der Waals surface area contributed by atoms with Crippen LogP contribution in [0.5, 0.6) is 23.1 Å². The minimum absolute atomic E-state index is 0.0195. The summed E-state index contributed by atoms with van der Waals surface area (Å²) in [4.78, 5) is 3.78. The van der Waals surface area contributed by atoms with Crippen LogP contribution < -0.4 is 9.47 Å². The van der Waals surface area contributed by atoms with Gasteiger partial charge in [-0.15, -0.1) is 0 Å². The normalized spacial score (nSPS) is 11.4. The van der Waals surface area contributed by atoms with Crippen molar-refractivity contribution < 1.29 is 32.1 Å². The van der Waals surface area contributed by atoms with Gasteiger partial charge in [-0.05, 0) is 42.0 Å². The molecule has 2 aromatic heterocycles.